The number of carbonyl (C=O) groups excluding carboxylic acids is 1. The van der Waals surface area contributed by atoms with Gasteiger partial charge in [-0.3, -0.25) is 14.7 Å². The highest BCUT2D eigenvalue weighted by molar-refractivity contribution is 5.93. The van der Waals surface area contributed by atoms with Crippen molar-refractivity contribution in [1.82, 2.24) is 20.2 Å². The Bertz CT molecular complexity index is 2070. The van der Waals surface area contributed by atoms with E-state index in [2.05, 4.69) is 88.8 Å². The predicted molar refractivity (Wildman–Crippen MR) is 198 cm³/mol. The third-order valence-corrected chi connectivity index (χ3v) is 9.68. The Morgan fingerprint density at radius 2 is 1.53 bits per heavy atom. The largest absolute Gasteiger partial charge is 0.392 e. The molecule has 6 aromatic rings. The van der Waals surface area contributed by atoms with Gasteiger partial charge in [0.25, 0.3) is 5.91 Å². The molecule has 4 atom stereocenters. The highest BCUT2D eigenvalue weighted by atomic mass is 16.7. The number of nitrogens with zero attached hydrogens (tertiary/aromatic N) is 3. The molecule has 0 bridgehead atoms. The van der Waals surface area contributed by atoms with Gasteiger partial charge in [-0.15, -0.1) is 0 Å². The minimum Gasteiger partial charge on any atom is -0.392 e. The van der Waals surface area contributed by atoms with Crippen LogP contribution in [0.4, 0.5) is 0 Å². The van der Waals surface area contributed by atoms with Crippen molar-refractivity contribution >= 4 is 16.9 Å². The summed E-state index contributed by atoms with van der Waals surface area (Å²) in [6.45, 7) is 3.30. The van der Waals surface area contributed by atoms with E-state index in [0.717, 1.165) is 45.4 Å². The van der Waals surface area contributed by atoms with Crippen LogP contribution in [-0.2, 0) is 22.6 Å². The summed E-state index contributed by atoms with van der Waals surface area (Å²) >= 11 is 0. The third-order valence-electron chi connectivity index (χ3n) is 9.68. The fourth-order valence-corrected chi connectivity index (χ4v) is 6.61. The maximum absolute atomic E-state index is 13.0. The average Bonchev–Trinajstić information content (AvgIpc) is 3.19. The average molecular weight is 679 g/mol. The van der Waals surface area contributed by atoms with Gasteiger partial charge in [-0.25, -0.2) is 4.98 Å². The summed E-state index contributed by atoms with van der Waals surface area (Å²) in [6.07, 6.45) is 1.43. The quantitative estimate of drug-likeness (QED) is 0.144. The van der Waals surface area contributed by atoms with E-state index < -0.39 is 6.29 Å². The maximum atomic E-state index is 13.0. The highest BCUT2D eigenvalue weighted by Gasteiger charge is 2.33. The summed E-state index contributed by atoms with van der Waals surface area (Å²) in [5.41, 5.74) is 8.87. The molecular weight excluding hydrogens is 636 g/mol. The molecule has 8 heteroatoms. The lowest BCUT2D eigenvalue weighted by Gasteiger charge is -2.39. The molecule has 0 saturated carbocycles. The van der Waals surface area contributed by atoms with E-state index in [1.165, 1.54) is 11.8 Å². The Morgan fingerprint density at radius 3 is 2.29 bits per heavy atom. The number of nitrogens with one attached hydrogen (secondary N) is 1. The van der Waals surface area contributed by atoms with Gasteiger partial charge in [0.15, 0.2) is 6.29 Å². The van der Waals surface area contributed by atoms with Crippen molar-refractivity contribution in [3.8, 4) is 11.1 Å². The summed E-state index contributed by atoms with van der Waals surface area (Å²) < 4.78 is 13.3. The Hall–Kier alpha value is -5.25. The van der Waals surface area contributed by atoms with Crippen LogP contribution in [0, 0.1) is 0 Å². The highest BCUT2D eigenvalue weighted by Crippen LogP contribution is 2.39. The molecule has 1 aliphatic heterocycles. The third kappa shape index (κ3) is 8.06. The fourth-order valence-electron chi connectivity index (χ4n) is 6.61. The van der Waals surface area contributed by atoms with Crippen LogP contribution in [0.1, 0.15) is 70.1 Å². The first-order valence-electron chi connectivity index (χ1n) is 17.4. The van der Waals surface area contributed by atoms with Crippen LogP contribution in [0.5, 0.6) is 0 Å². The number of hydrogen-bond donors (Lipinski definition) is 2. The molecule has 4 unspecified atom stereocenters. The second kappa shape index (κ2) is 15.7. The van der Waals surface area contributed by atoms with Crippen LogP contribution in [-0.4, -0.2) is 45.6 Å². The van der Waals surface area contributed by atoms with Crippen LogP contribution in [0.25, 0.3) is 22.2 Å². The molecule has 7 rings (SSSR count). The van der Waals surface area contributed by atoms with Gasteiger partial charge < -0.3 is 19.9 Å². The van der Waals surface area contributed by atoms with Crippen LogP contribution >= 0.6 is 0 Å². The summed E-state index contributed by atoms with van der Waals surface area (Å²) in [7, 11) is 2.14. The van der Waals surface area contributed by atoms with Gasteiger partial charge in [0, 0.05) is 31.1 Å². The first-order chi connectivity index (χ1) is 24.9. The topological polar surface area (TPSA) is 96.8 Å². The summed E-state index contributed by atoms with van der Waals surface area (Å²) in [4.78, 5) is 24.2. The minimum absolute atomic E-state index is 0.00329. The smallest absolute Gasteiger partial charge is 0.271 e. The van der Waals surface area contributed by atoms with Crippen molar-refractivity contribution in [2.75, 3.05) is 13.6 Å². The molecule has 1 amide bonds. The number of aromatic nitrogens is 2. The number of amides is 1. The molecule has 0 spiro atoms. The van der Waals surface area contributed by atoms with E-state index in [1.54, 1.807) is 0 Å². The van der Waals surface area contributed by atoms with E-state index in [9.17, 15) is 9.90 Å². The van der Waals surface area contributed by atoms with E-state index in [0.29, 0.717) is 18.5 Å². The molecule has 2 heterocycles. The lowest BCUT2D eigenvalue weighted by atomic mass is 9.97. The van der Waals surface area contributed by atoms with Crippen LogP contribution in [0.2, 0.25) is 0 Å². The summed E-state index contributed by atoms with van der Waals surface area (Å²) in [6, 6.07) is 42.6. The summed E-state index contributed by atoms with van der Waals surface area (Å²) in [5, 5.41) is 12.6. The van der Waals surface area contributed by atoms with Crippen molar-refractivity contribution in [2.24, 2.45) is 0 Å². The predicted octanol–water partition coefficient (Wildman–Crippen LogP) is 7.96. The molecule has 5 aromatic carbocycles. The monoisotopic (exact) mass is 678 g/mol. The molecule has 51 heavy (non-hydrogen) atoms. The fraction of sp³-hybridized carbons (Fsp3) is 0.233. The van der Waals surface area contributed by atoms with Gasteiger partial charge in [0.05, 0.1) is 36.0 Å². The van der Waals surface area contributed by atoms with Crippen LogP contribution in [0.15, 0.2) is 134 Å². The Kier molecular flexibility index (Phi) is 10.6. The zero-order valence-corrected chi connectivity index (χ0v) is 28.9. The first-order valence-corrected chi connectivity index (χ1v) is 17.4. The molecule has 2 N–H and O–H groups in total. The number of likely N-dealkylation sites (N-methyl/N-ethyl adjacent to an activating group) is 1. The summed E-state index contributed by atoms with van der Waals surface area (Å²) in [5.74, 6) is -0.274. The van der Waals surface area contributed by atoms with Crippen LogP contribution in [0.3, 0.4) is 0 Å². The number of fused-ring (bicyclic) bond motifs is 1. The van der Waals surface area contributed by atoms with Gasteiger partial charge in [-0.05, 0) is 59.5 Å². The zero-order chi connectivity index (χ0) is 35.2. The molecule has 258 valence electrons. The Balaban J connectivity index is 1.07. The standard InChI is InChI=1S/C43H42N4O4/c1-29(31-10-4-3-5-11-31)47(2)27-36-24-41(33-18-16-30(28-48)17-19-33)51-43(50-36)34-22-20-32(21-23-34)37-13-7-6-12-35(37)25-45-42(49)40-26-44-38-14-8-9-15-39(38)46-40/h3-23,26,29,36,41,43,48H,24-25,27-28H2,1-2H3,(H,45,49). The van der Waals surface area contributed by atoms with Gasteiger partial charge in [-0.2, -0.15) is 0 Å². The van der Waals surface area contributed by atoms with Crippen molar-refractivity contribution < 1.29 is 19.4 Å². The zero-order valence-electron chi connectivity index (χ0n) is 28.9. The SMILES string of the molecule is CC(c1ccccc1)N(C)CC1CC(c2ccc(CO)cc2)OC(c2ccc(-c3ccccc3CNC(=O)c3cnc4ccccc4n3)cc2)O1. The number of rotatable bonds is 11. The van der Waals surface area contributed by atoms with Crippen molar-refractivity contribution in [2.45, 2.75) is 51.0 Å². The lowest BCUT2D eigenvalue weighted by Crippen LogP contribution is -2.38. The Morgan fingerprint density at radius 1 is 0.843 bits per heavy atom. The Labute approximate surface area is 298 Å². The van der Waals surface area contributed by atoms with E-state index in [4.69, 9.17) is 9.47 Å². The molecule has 1 aliphatic rings. The number of para-hydroxylation sites is 2. The van der Waals surface area contributed by atoms with Gasteiger partial charge in [0.2, 0.25) is 0 Å². The van der Waals surface area contributed by atoms with Crippen molar-refractivity contribution in [1.29, 1.82) is 0 Å². The molecule has 1 fully saturated rings. The number of ether oxygens (including phenoxy) is 2. The van der Waals surface area contributed by atoms with Gasteiger partial charge >= 0.3 is 0 Å². The number of carbonyl (C=O) groups is 1. The van der Waals surface area contributed by atoms with Crippen molar-refractivity contribution in [3.63, 3.8) is 0 Å². The maximum Gasteiger partial charge on any atom is 0.271 e. The number of hydrogen-bond acceptors (Lipinski definition) is 7. The van der Waals surface area contributed by atoms with Gasteiger partial charge in [0.1, 0.15) is 5.69 Å². The van der Waals surface area contributed by atoms with Crippen LogP contribution < -0.4 is 5.32 Å². The lowest BCUT2D eigenvalue weighted by molar-refractivity contribution is -0.253. The number of aliphatic hydroxyl groups excluding tert-OH is 1. The normalized spacial score (nSPS) is 18.1. The molecule has 0 radical (unpaired) electrons. The van der Waals surface area contributed by atoms with E-state index in [1.807, 2.05) is 72.8 Å². The number of aliphatic hydroxyl groups is 1. The molecule has 8 nitrogen and oxygen atoms in total. The minimum atomic E-state index is -0.557. The van der Waals surface area contributed by atoms with Gasteiger partial charge in [-0.1, -0.05) is 115 Å². The molecule has 1 aromatic heterocycles. The van der Waals surface area contributed by atoms with Crippen molar-refractivity contribution in [3.05, 3.63) is 167 Å². The molecular formula is C43H42N4O4. The number of benzene rings is 5. The first kappa shape index (κ1) is 34.2. The second-order valence-corrected chi connectivity index (χ2v) is 13.1. The van der Waals surface area contributed by atoms with E-state index in [-0.39, 0.29) is 36.5 Å². The second-order valence-electron chi connectivity index (χ2n) is 13.1. The molecule has 0 aliphatic carbocycles. The molecule has 1 saturated heterocycles. The van der Waals surface area contributed by atoms with E-state index >= 15 is 0 Å².